The zero-order chi connectivity index (χ0) is 12.5. The van der Waals surface area contributed by atoms with Gasteiger partial charge in [0, 0.05) is 51.4 Å². The van der Waals surface area contributed by atoms with Crippen molar-refractivity contribution in [2.75, 3.05) is 46.2 Å². The summed E-state index contributed by atoms with van der Waals surface area (Å²) in [7, 11) is 3.60. The highest BCUT2D eigenvalue weighted by Gasteiger charge is 2.20. The van der Waals surface area contributed by atoms with Crippen molar-refractivity contribution in [2.24, 2.45) is 4.99 Å². The maximum atomic E-state index is 5.04. The SMILES string of the molecule is CCC1CN(C(=NC)NCCCOC)CCS1. The van der Waals surface area contributed by atoms with Gasteiger partial charge in [0.15, 0.2) is 5.96 Å². The van der Waals surface area contributed by atoms with E-state index < -0.39 is 0 Å². The molecule has 1 unspecified atom stereocenters. The van der Waals surface area contributed by atoms with Crippen LogP contribution in [-0.2, 0) is 4.74 Å². The molecule has 4 nitrogen and oxygen atoms in total. The Kier molecular flexibility index (Phi) is 7.44. The standard InChI is InChI=1S/C12H25N3OS/c1-4-11-10-15(7-9-17-11)12(13-2)14-6-5-8-16-3/h11H,4-10H2,1-3H3,(H,13,14). The number of methoxy groups -OCH3 is 1. The monoisotopic (exact) mass is 259 g/mol. The van der Waals surface area contributed by atoms with Gasteiger partial charge in [-0.3, -0.25) is 4.99 Å². The van der Waals surface area contributed by atoms with E-state index in [9.17, 15) is 0 Å². The largest absolute Gasteiger partial charge is 0.385 e. The van der Waals surface area contributed by atoms with Crippen LogP contribution < -0.4 is 5.32 Å². The molecule has 5 heteroatoms. The van der Waals surface area contributed by atoms with Crippen LogP contribution in [0.25, 0.3) is 0 Å². The molecule has 0 saturated carbocycles. The van der Waals surface area contributed by atoms with Crippen LogP contribution in [0.1, 0.15) is 19.8 Å². The highest BCUT2D eigenvalue weighted by atomic mass is 32.2. The summed E-state index contributed by atoms with van der Waals surface area (Å²) in [4.78, 5) is 6.73. The van der Waals surface area contributed by atoms with Gasteiger partial charge in [-0.1, -0.05) is 6.92 Å². The second-order valence-corrected chi connectivity index (χ2v) is 5.58. The van der Waals surface area contributed by atoms with Crippen molar-refractivity contribution in [1.82, 2.24) is 10.2 Å². The third-order valence-electron chi connectivity index (χ3n) is 2.91. The molecule has 1 rings (SSSR count). The maximum absolute atomic E-state index is 5.04. The molecule has 1 fully saturated rings. The first-order valence-corrected chi connectivity index (χ1v) is 7.42. The molecule has 1 aliphatic rings. The molecule has 1 heterocycles. The third-order valence-corrected chi connectivity index (χ3v) is 4.29. The van der Waals surface area contributed by atoms with Crippen molar-refractivity contribution in [2.45, 2.75) is 25.0 Å². The van der Waals surface area contributed by atoms with Crippen molar-refractivity contribution in [3.8, 4) is 0 Å². The Morgan fingerprint density at radius 3 is 3.06 bits per heavy atom. The Bertz CT molecular complexity index is 236. The predicted octanol–water partition coefficient (Wildman–Crippen LogP) is 1.43. The molecule has 0 aromatic rings. The molecule has 17 heavy (non-hydrogen) atoms. The first-order chi connectivity index (χ1) is 8.31. The molecule has 0 spiro atoms. The van der Waals surface area contributed by atoms with E-state index in [-0.39, 0.29) is 0 Å². The molecular formula is C12H25N3OS. The number of guanidine groups is 1. The molecule has 0 aromatic heterocycles. The van der Waals surface area contributed by atoms with Gasteiger partial charge in [-0.05, 0) is 12.8 Å². The minimum Gasteiger partial charge on any atom is -0.385 e. The Balaban J connectivity index is 2.33. The Morgan fingerprint density at radius 1 is 1.59 bits per heavy atom. The topological polar surface area (TPSA) is 36.9 Å². The van der Waals surface area contributed by atoms with Crippen molar-refractivity contribution >= 4 is 17.7 Å². The molecule has 0 aromatic carbocycles. The average molecular weight is 259 g/mol. The lowest BCUT2D eigenvalue weighted by atomic mass is 10.3. The Labute approximate surface area is 109 Å². The smallest absolute Gasteiger partial charge is 0.193 e. The van der Waals surface area contributed by atoms with Crippen molar-refractivity contribution in [3.63, 3.8) is 0 Å². The van der Waals surface area contributed by atoms with Gasteiger partial charge in [-0.25, -0.2) is 0 Å². The molecular weight excluding hydrogens is 234 g/mol. The number of ether oxygens (including phenoxy) is 1. The van der Waals surface area contributed by atoms with Crippen LogP contribution in [0, 0.1) is 0 Å². The summed E-state index contributed by atoms with van der Waals surface area (Å²) < 4.78 is 5.04. The van der Waals surface area contributed by atoms with E-state index in [0.29, 0.717) is 0 Å². The lowest BCUT2D eigenvalue weighted by Crippen LogP contribution is -2.48. The van der Waals surface area contributed by atoms with Gasteiger partial charge < -0.3 is 15.0 Å². The first-order valence-electron chi connectivity index (χ1n) is 6.38. The number of hydrogen-bond donors (Lipinski definition) is 1. The number of rotatable bonds is 5. The van der Waals surface area contributed by atoms with E-state index in [4.69, 9.17) is 4.74 Å². The van der Waals surface area contributed by atoms with E-state index in [1.165, 1.54) is 12.2 Å². The summed E-state index contributed by atoms with van der Waals surface area (Å²) in [5.74, 6) is 2.25. The first kappa shape index (κ1) is 14.6. The van der Waals surface area contributed by atoms with Crippen molar-refractivity contribution in [1.29, 1.82) is 0 Å². The molecule has 0 amide bonds. The zero-order valence-corrected chi connectivity index (χ0v) is 12.1. The Morgan fingerprint density at radius 2 is 2.41 bits per heavy atom. The predicted molar refractivity (Wildman–Crippen MR) is 76.0 cm³/mol. The van der Waals surface area contributed by atoms with Crippen molar-refractivity contribution < 1.29 is 4.74 Å². The van der Waals surface area contributed by atoms with Crippen LogP contribution in [0.5, 0.6) is 0 Å². The van der Waals surface area contributed by atoms with Gasteiger partial charge in [-0.15, -0.1) is 0 Å². The van der Waals surface area contributed by atoms with Gasteiger partial charge in [0.2, 0.25) is 0 Å². The summed E-state index contributed by atoms with van der Waals surface area (Å²) in [6.07, 6.45) is 2.26. The highest BCUT2D eigenvalue weighted by Crippen LogP contribution is 2.20. The highest BCUT2D eigenvalue weighted by molar-refractivity contribution is 8.00. The summed E-state index contributed by atoms with van der Waals surface area (Å²) in [6, 6.07) is 0. The van der Waals surface area contributed by atoms with Crippen LogP contribution in [0.4, 0.5) is 0 Å². The van der Waals surface area contributed by atoms with Gasteiger partial charge in [0.25, 0.3) is 0 Å². The number of aliphatic imine (C=N–C) groups is 1. The lowest BCUT2D eigenvalue weighted by molar-refractivity contribution is 0.195. The molecule has 1 N–H and O–H groups in total. The molecule has 1 atom stereocenters. The molecule has 1 aliphatic heterocycles. The van der Waals surface area contributed by atoms with Crippen LogP contribution in [-0.4, -0.2) is 62.3 Å². The second kappa shape index (κ2) is 8.64. The second-order valence-electron chi connectivity index (χ2n) is 4.17. The lowest BCUT2D eigenvalue weighted by Gasteiger charge is -2.34. The number of nitrogens with one attached hydrogen (secondary N) is 1. The molecule has 100 valence electrons. The molecule has 1 saturated heterocycles. The number of nitrogens with zero attached hydrogens (tertiary/aromatic N) is 2. The van der Waals surface area contributed by atoms with Gasteiger partial charge in [0.1, 0.15) is 0 Å². The fraction of sp³-hybridized carbons (Fsp3) is 0.917. The number of thioether (sulfide) groups is 1. The van der Waals surface area contributed by atoms with Crippen molar-refractivity contribution in [3.05, 3.63) is 0 Å². The van der Waals surface area contributed by atoms with Gasteiger partial charge >= 0.3 is 0 Å². The van der Waals surface area contributed by atoms with Crippen LogP contribution in [0.2, 0.25) is 0 Å². The van der Waals surface area contributed by atoms with Gasteiger partial charge in [0.05, 0.1) is 0 Å². The summed E-state index contributed by atoms with van der Waals surface area (Å²) >= 11 is 2.08. The average Bonchev–Trinajstić information content (AvgIpc) is 2.39. The maximum Gasteiger partial charge on any atom is 0.193 e. The Hall–Kier alpha value is -0.420. The normalized spacial score (nSPS) is 21.7. The van der Waals surface area contributed by atoms with Gasteiger partial charge in [-0.2, -0.15) is 11.8 Å². The van der Waals surface area contributed by atoms with Crippen LogP contribution in [0.15, 0.2) is 4.99 Å². The fourth-order valence-electron chi connectivity index (χ4n) is 1.91. The van der Waals surface area contributed by atoms with E-state index in [1.807, 2.05) is 7.05 Å². The zero-order valence-electron chi connectivity index (χ0n) is 11.2. The third kappa shape index (κ3) is 5.17. The van der Waals surface area contributed by atoms with Crippen LogP contribution in [0.3, 0.4) is 0 Å². The summed E-state index contributed by atoms with van der Waals surface area (Å²) in [5, 5.41) is 4.16. The quantitative estimate of drug-likeness (QED) is 0.460. The van der Waals surface area contributed by atoms with E-state index >= 15 is 0 Å². The van der Waals surface area contributed by atoms with E-state index in [0.717, 1.165) is 43.9 Å². The minimum atomic E-state index is 0.751. The summed E-state index contributed by atoms with van der Waals surface area (Å²) in [6.45, 7) is 6.21. The molecule has 0 bridgehead atoms. The number of hydrogen-bond acceptors (Lipinski definition) is 3. The van der Waals surface area contributed by atoms with E-state index in [2.05, 4.69) is 33.9 Å². The summed E-state index contributed by atoms with van der Waals surface area (Å²) in [5.41, 5.74) is 0. The minimum absolute atomic E-state index is 0.751. The van der Waals surface area contributed by atoms with E-state index in [1.54, 1.807) is 7.11 Å². The molecule has 0 aliphatic carbocycles. The van der Waals surface area contributed by atoms with Crippen LogP contribution >= 0.6 is 11.8 Å². The molecule has 0 radical (unpaired) electrons. The fourth-order valence-corrected chi connectivity index (χ4v) is 3.09.